The normalized spacial score (nSPS) is 13.6. The van der Waals surface area contributed by atoms with E-state index in [1.165, 1.54) is 15.9 Å². The van der Waals surface area contributed by atoms with Crippen LogP contribution in [0.2, 0.25) is 10.0 Å². The molecule has 28 heavy (non-hydrogen) atoms. The first kappa shape index (κ1) is 19.2. The molecule has 1 aliphatic carbocycles. The Labute approximate surface area is 173 Å². The van der Waals surface area contributed by atoms with Crippen molar-refractivity contribution in [2.45, 2.75) is 38.8 Å². The van der Waals surface area contributed by atoms with E-state index in [0.29, 0.717) is 20.3 Å². The van der Waals surface area contributed by atoms with Crippen LogP contribution in [0, 0.1) is 0 Å². The predicted octanol–water partition coefficient (Wildman–Crippen LogP) is 3.54. The van der Waals surface area contributed by atoms with Crippen LogP contribution in [-0.4, -0.2) is 20.2 Å². The Balaban J connectivity index is 1.99. The molecule has 0 spiro atoms. The first-order chi connectivity index (χ1) is 13.4. The van der Waals surface area contributed by atoms with Crippen molar-refractivity contribution < 1.29 is 9.90 Å². The molecule has 6 nitrogen and oxygen atoms in total. The number of hydrogen-bond acceptors (Lipinski definition) is 4. The molecular formula is C19H16Cl2N2O4S. The maximum absolute atomic E-state index is 13.0. The van der Waals surface area contributed by atoms with E-state index in [2.05, 4.69) is 0 Å². The number of benzene rings is 1. The van der Waals surface area contributed by atoms with Crippen LogP contribution < -0.4 is 11.2 Å². The molecule has 1 aliphatic rings. The van der Waals surface area contributed by atoms with Gasteiger partial charge in [0.25, 0.3) is 5.56 Å². The third kappa shape index (κ3) is 3.27. The molecular weight excluding hydrogens is 423 g/mol. The second-order valence-electron chi connectivity index (χ2n) is 6.79. The molecule has 0 saturated carbocycles. The highest BCUT2D eigenvalue weighted by Crippen LogP contribution is 2.34. The highest BCUT2D eigenvalue weighted by Gasteiger charge is 2.24. The lowest BCUT2D eigenvalue weighted by Gasteiger charge is -2.13. The van der Waals surface area contributed by atoms with Crippen molar-refractivity contribution in [1.82, 2.24) is 9.13 Å². The van der Waals surface area contributed by atoms with Gasteiger partial charge in [0.1, 0.15) is 11.4 Å². The molecule has 0 bridgehead atoms. The summed E-state index contributed by atoms with van der Waals surface area (Å²) < 4.78 is 2.28. The number of hydrogen-bond donors (Lipinski definition) is 1. The van der Waals surface area contributed by atoms with E-state index >= 15 is 0 Å². The maximum atomic E-state index is 13.0. The summed E-state index contributed by atoms with van der Waals surface area (Å²) in [6, 6.07) is 5.07. The van der Waals surface area contributed by atoms with Crippen molar-refractivity contribution in [2.24, 2.45) is 0 Å². The van der Waals surface area contributed by atoms with E-state index in [9.17, 15) is 19.5 Å². The quantitative estimate of drug-likeness (QED) is 0.675. The van der Waals surface area contributed by atoms with Crippen molar-refractivity contribution in [3.8, 4) is 0 Å². The van der Waals surface area contributed by atoms with Crippen LogP contribution >= 0.6 is 34.5 Å². The Hall–Kier alpha value is -2.09. The number of nitrogens with zero attached hydrogens (tertiary/aromatic N) is 2. The zero-order valence-electron chi connectivity index (χ0n) is 14.7. The van der Waals surface area contributed by atoms with Gasteiger partial charge in [0.05, 0.1) is 22.0 Å². The molecule has 0 fully saturated rings. The molecule has 4 rings (SSSR count). The van der Waals surface area contributed by atoms with Crippen LogP contribution in [0.15, 0.2) is 27.8 Å². The summed E-state index contributed by atoms with van der Waals surface area (Å²) in [5.74, 6) is -1.23. The SMILES string of the molecule is O=C(O)Cn1c(=O)c2c3c(sc2n(Cc2ccc(Cl)c(Cl)c2)c1=O)CCCC3. The molecule has 1 N–H and O–H groups in total. The second-order valence-corrected chi connectivity index (χ2v) is 8.69. The fourth-order valence-electron chi connectivity index (χ4n) is 3.65. The Morgan fingerprint density at radius 3 is 2.57 bits per heavy atom. The van der Waals surface area contributed by atoms with Gasteiger partial charge < -0.3 is 5.11 Å². The summed E-state index contributed by atoms with van der Waals surface area (Å²) in [5, 5.41) is 10.4. The first-order valence-corrected chi connectivity index (χ1v) is 10.4. The number of carboxylic acid groups (broad SMARTS) is 1. The van der Waals surface area contributed by atoms with Gasteiger partial charge in [-0.15, -0.1) is 11.3 Å². The van der Waals surface area contributed by atoms with E-state index in [4.69, 9.17) is 23.2 Å². The highest BCUT2D eigenvalue weighted by molar-refractivity contribution is 7.18. The van der Waals surface area contributed by atoms with Crippen molar-refractivity contribution in [1.29, 1.82) is 0 Å². The molecule has 2 aromatic heterocycles. The monoisotopic (exact) mass is 438 g/mol. The fourth-order valence-corrected chi connectivity index (χ4v) is 5.34. The Morgan fingerprint density at radius 1 is 1.11 bits per heavy atom. The molecule has 3 aromatic rings. The van der Waals surface area contributed by atoms with Gasteiger partial charge in [-0.1, -0.05) is 29.3 Å². The third-order valence-corrected chi connectivity index (χ3v) is 6.99. The van der Waals surface area contributed by atoms with Gasteiger partial charge in [0.2, 0.25) is 0 Å². The fraction of sp³-hybridized carbons (Fsp3) is 0.316. The summed E-state index contributed by atoms with van der Waals surface area (Å²) >= 11 is 13.5. The van der Waals surface area contributed by atoms with Crippen molar-refractivity contribution in [3.05, 3.63) is 65.1 Å². The van der Waals surface area contributed by atoms with Gasteiger partial charge in [-0.2, -0.15) is 0 Å². The lowest BCUT2D eigenvalue weighted by Crippen LogP contribution is -2.41. The lowest BCUT2D eigenvalue weighted by molar-refractivity contribution is -0.137. The smallest absolute Gasteiger partial charge is 0.332 e. The molecule has 0 atom stereocenters. The molecule has 2 heterocycles. The first-order valence-electron chi connectivity index (χ1n) is 8.80. The number of aromatic nitrogens is 2. The average molecular weight is 439 g/mol. The van der Waals surface area contributed by atoms with Crippen LogP contribution in [-0.2, 0) is 30.7 Å². The van der Waals surface area contributed by atoms with Gasteiger partial charge in [-0.3, -0.25) is 14.2 Å². The Kier molecular flexibility index (Phi) is 5.07. The predicted molar refractivity (Wildman–Crippen MR) is 110 cm³/mol. The molecule has 9 heteroatoms. The number of halogens is 2. The van der Waals surface area contributed by atoms with Crippen molar-refractivity contribution in [2.75, 3.05) is 0 Å². The van der Waals surface area contributed by atoms with E-state index in [1.807, 2.05) is 0 Å². The number of carboxylic acids is 1. The van der Waals surface area contributed by atoms with Crippen LogP contribution in [0.1, 0.15) is 28.8 Å². The number of rotatable bonds is 4. The minimum Gasteiger partial charge on any atom is -0.480 e. The Morgan fingerprint density at radius 2 is 1.86 bits per heavy atom. The summed E-state index contributed by atoms with van der Waals surface area (Å²) in [4.78, 5) is 38.9. The maximum Gasteiger partial charge on any atom is 0.332 e. The summed E-state index contributed by atoms with van der Waals surface area (Å²) in [7, 11) is 0. The number of aliphatic carboxylic acids is 1. The minimum atomic E-state index is -1.23. The van der Waals surface area contributed by atoms with E-state index in [1.54, 1.807) is 18.2 Å². The van der Waals surface area contributed by atoms with Gasteiger partial charge in [-0.25, -0.2) is 9.36 Å². The molecule has 0 radical (unpaired) electrons. The molecule has 0 amide bonds. The van der Waals surface area contributed by atoms with Crippen molar-refractivity contribution >= 4 is 50.7 Å². The van der Waals surface area contributed by atoms with Crippen LogP contribution in [0.25, 0.3) is 10.2 Å². The van der Waals surface area contributed by atoms with E-state index in [-0.39, 0.29) is 6.54 Å². The van der Waals surface area contributed by atoms with Gasteiger partial charge >= 0.3 is 11.7 Å². The summed E-state index contributed by atoms with van der Waals surface area (Å²) in [6.45, 7) is -0.495. The van der Waals surface area contributed by atoms with E-state index in [0.717, 1.165) is 46.3 Å². The van der Waals surface area contributed by atoms with Gasteiger partial charge in [0.15, 0.2) is 0 Å². The zero-order chi connectivity index (χ0) is 20.0. The number of aryl methyl sites for hydroxylation is 2. The topological polar surface area (TPSA) is 81.3 Å². The van der Waals surface area contributed by atoms with Crippen molar-refractivity contribution in [3.63, 3.8) is 0 Å². The summed E-state index contributed by atoms with van der Waals surface area (Å²) in [5.41, 5.74) is 0.541. The number of carbonyl (C=O) groups is 1. The number of thiophene rings is 1. The standard InChI is InChI=1S/C19H16Cl2N2O4S/c20-12-6-5-10(7-13(12)21)8-23-18-16(11-3-1-2-4-14(11)28-18)17(26)22(19(23)27)9-15(24)25/h5-7H,1-4,8-9H2,(H,24,25). The average Bonchev–Trinajstić information content (AvgIpc) is 3.04. The van der Waals surface area contributed by atoms with Crippen LogP contribution in [0.5, 0.6) is 0 Å². The van der Waals surface area contributed by atoms with Gasteiger partial charge in [0, 0.05) is 4.88 Å². The highest BCUT2D eigenvalue weighted by atomic mass is 35.5. The zero-order valence-corrected chi connectivity index (χ0v) is 17.0. The molecule has 0 aliphatic heterocycles. The minimum absolute atomic E-state index is 0.172. The molecule has 0 unspecified atom stereocenters. The van der Waals surface area contributed by atoms with Crippen LogP contribution in [0.4, 0.5) is 0 Å². The second kappa shape index (κ2) is 7.39. The Bertz CT molecular complexity index is 1230. The summed E-state index contributed by atoms with van der Waals surface area (Å²) in [6.07, 6.45) is 3.65. The lowest BCUT2D eigenvalue weighted by atomic mass is 9.97. The van der Waals surface area contributed by atoms with E-state index < -0.39 is 23.8 Å². The molecule has 146 valence electrons. The third-order valence-electron chi connectivity index (χ3n) is 4.94. The van der Waals surface area contributed by atoms with Crippen LogP contribution in [0.3, 0.4) is 0 Å². The molecule has 1 aromatic carbocycles. The van der Waals surface area contributed by atoms with Gasteiger partial charge in [-0.05, 0) is 48.9 Å². The largest absolute Gasteiger partial charge is 0.480 e. The number of fused-ring (bicyclic) bond motifs is 3. The molecule has 0 saturated heterocycles.